The van der Waals surface area contributed by atoms with E-state index in [-0.39, 0.29) is 0 Å². The maximum Gasteiger partial charge on any atom is 0.163 e. The lowest BCUT2D eigenvalue weighted by Gasteiger charge is -2.05. The molecule has 2 aromatic heterocycles. The quantitative estimate of drug-likeness (QED) is 0.719. The van der Waals surface area contributed by atoms with Gasteiger partial charge < -0.3 is 0 Å². The average molecular weight is 213 g/mol. The number of aryl methyl sites for hydroxylation is 3. The molecule has 0 saturated carbocycles. The highest BCUT2D eigenvalue weighted by Gasteiger charge is 2.09. The lowest BCUT2D eigenvalue weighted by atomic mass is 10.2. The maximum atomic E-state index is 8.71. The van der Waals surface area contributed by atoms with Gasteiger partial charge in [0.05, 0.1) is 5.69 Å². The van der Waals surface area contributed by atoms with Gasteiger partial charge in [-0.25, -0.2) is 4.98 Å². The first kappa shape index (κ1) is 10.3. The van der Waals surface area contributed by atoms with Crippen LogP contribution in [0.15, 0.2) is 12.3 Å². The number of imidazole rings is 1. The van der Waals surface area contributed by atoms with Gasteiger partial charge in [-0.3, -0.25) is 4.57 Å². The first-order valence-corrected chi connectivity index (χ1v) is 4.89. The van der Waals surface area contributed by atoms with Crippen LogP contribution < -0.4 is 0 Å². The average Bonchev–Trinajstić information content (AvgIpc) is 2.57. The Bertz CT molecular complexity index is 577. The molecular formula is C11H11N5. The summed E-state index contributed by atoms with van der Waals surface area (Å²) >= 11 is 0. The van der Waals surface area contributed by atoms with Gasteiger partial charge in [-0.15, -0.1) is 10.2 Å². The van der Waals surface area contributed by atoms with Gasteiger partial charge in [0.15, 0.2) is 11.5 Å². The van der Waals surface area contributed by atoms with Gasteiger partial charge in [0.25, 0.3) is 0 Å². The number of hydrogen-bond donors (Lipinski definition) is 0. The lowest BCUT2D eigenvalue weighted by Crippen LogP contribution is -2.04. The molecule has 2 aromatic rings. The zero-order valence-corrected chi connectivity index (χ0v) is 9.39. The molecule has 0 bridgehead atoms. The molecule has 80 valence electrons. The number of aromatic nitrogens is 4. The summed E-state index contributed by atoms with van der Waals surface area (Å²) in [7, 11) is 0. The van der Waals surface area contributed by atoms with Crippen LogP contribution >= 0.6 is 0 Å². The van der Waals surface area contributed by atoms with Crippen molar-refractivity contribution in [3.8, 4) is 11.9 Å². The van der Waals surface area contributed by atoms with Crippen LogP contribution in [0.4, 0.5) is 0 Å². The van der Waals surface area contributed by atoms with Crippen LogP contribution in [-0.4, -0.2) is 19.7 Å². The van der Waals surface area contributed by atoms with Gasteiger partial charge in [-0.1, -0.05) is 0 Å². The third kappa shape index (κ3) is 1.65. The fraction of sp³-hybridized carbons (Fsp3) is 0.273. The summed E-state index contributed by atoms with van der Waals surface area (Å²) < 4.78 is 1.87. The van der Waals surface area contributed by atoms with Crippen molar-refractivity contribution in [3.05, 3.63) is 35.0 Å². The van der Waals surface area contributed by atoms with E-state index in [0.29, 0.717) is 5.69 Å². The zero-order chi connectivity index (χ0) is 11.7. The maximum absolute atomic E-state index is 8.71. The predicted molar refractivity (Wildman–Crippen MR) is 58.1 cm³/mol. The molecule has 5 nitrogen and oxygen atoms in total. The molecule has 2 rings (SSSR count). The SMILES string of the molecule is Cc1cn(-c2nnc(C#N)cc2C)c(C)n1. The Hall–Kier alpha value is -2.22. The summed E-state index contributed by atoms with van der Waals surface area (Å²) in [4.78, 5) is 4.30. The molecule has 0 unspecified atom stereocenters. The Morgan fingerprint density at radius 3 is 2.50 bits per heavy atom. The molecule has 0 radical (unpaired) electrons. The first-order valence-electron chi connectivity index (χ1n) is 4.89. The highest BCUT2D eigenvalue weighted by Crippen LogP contribution is 2.13. The molecule has 0 aliphatic rings. The van der Waals surface area contributed by atoms with E-state index in [2.05, 4.69) is 15.2 Å². The number of nitriles is 1. The summed E-state index contributed by atoms with van der Waals surface area (Å²) in [6.45, 7) is 5.74. The van der Waals surface area contributed by atoms with E-state index in [1.165, 1.54) is 0 Å². The largest absolute Gasteiger partial charge is 0.286 e. The minimum Gasteiger partial charge on any atom is -0.286 e. The second-order valence-corrected chi connectivity index (χ2v) is 3.65. The molecule has 0 atom stereocenters. The Balaban J connectivity index is 2.57. The van der Waals surface area contributed by atoms with Crippen LogP contribution in [-0.2, 0) is 0 Å². The fourth-order valence-corrected chi connectivity index (χ4v) is 1.60. The van der Waals surface area contributed by atoms with E-state index in [0.717, 1.165) is 22.9 Å². The van der Waals surface area contributed by atoms with Crippen LogP contribution in [0.5, 0.6) is 0 Å². The minimum absolute atomic E-state index is 0.329. The van der Waals surface area contributed by atoms with E-state index in [1.54, 1.807) is 6.07 Å². The predicted octanol–water partition coefficient (Wildman–Crippen LogP) is 1.46. The number of rotatable bonds is 1. The summed E-state index contributed by atoms with van der Waals surface area (Å²) in [5, 5.41) is 16.6. The van der Waals surface area contributed by atoms with Crippen LogP contribution in [0.1, 0.15) is 22.8 Å². The van der Waals surface area contributed by atoms with Crippen molar-refractivity contribution in [3.63, 3.8) is 0 Å². The van der Waals surface area contributed by atoms with Crippen molar-refractivity contribution in [2.45, 2.75) is 20.8 Å². The third-order valence-corrected chi connectivity index (χ3v) is 2.30. The molecule has 0 spiro atoms. The Labute approximate surface area is 93.4 Å². The molecule has 0 saturated heterocycles. The van der Waals surface area contributed by atoms with Crippen LogP contribution in [0.2, 0.25) is 0 Å². The van der Waals surface area contributed by atoms with Gasteiger partial charge in [-0.2, -0.15) is 5.26 Å². The lowest BCUT2D eigenvalue weighted by molar-refractivity contribution is 0.861. The van der Waals surface area contributed by atoms with E-state index >= 15 is 0 Å². The third-order valence-electron chi connectivity index (χ3n) is 2.30. The summed E-state index contributed by atoms with van der Waals surface area (Å²) in [6.07, 6.45) is 1.90. The Kier molecular flexibility index (Phi) is 2.41. The van der Waals surface area contributed by atoms with Crippen molar-refractivity contribution in [2.24, 2.45) is 0 Å². The van der Waals surface area contributed by atoms with Crippen molar-refractivity contribution in [1.82, 2.24) is 19.7 Å². The standard InChI is InChI=1S/C11H11N5/c1-7-4-10(5-12)14-15-11(7)16-6-8(2)13-9(16)3/h4,6H,1-3H3. The van der Waals surface area contributed by atoms with Crippen LogP contribution in [0, 0.1) is 32.1 Å². The van der Waals surface area contributed by atoms with E-state index in [9.17, 15) is 0 Å². The number of hydrogen-bond acceptors (Lipinski definition) is 4. The minimum atomic E-state index is 0.329. The van der Waals surface area contributed by atoms with Crippen molar-refractivity contribution < 1.29 is 0 Å². The molecule has 0 N–H and O–H groups in total. The highest BCUT2D eigenvalue weighted by atomic mass is 15.2. The zero-order valence-electron chi connectivity index (χ0n) is 9.39. The van der Waals surface area contributed by atoms with Crippen molar-refractivity contribution in [2.75, 3.05) is 0 Å². The van der Waals surface area contributed by atoms with Crippen LogP contribution in [0.3, 0.4) is 0 Å². The highest BCUT2D eigenvalue weighted by molar-refractivity contribution is 5.37. The number of nitrogens with zero attached hydrogens (tertiary/aromatic N) is 5. The van der Waals surface area contributed by atoms with Gasteiger partial charge in [0.1, 0.15) is 11.9 Å². The topological polar surface area (TPSA) is 67.4 Å². The Morgan fingerprint density at radius 1 is 1.25 bits per heavy atom. The van der Waals surface area contributed by atoms with Crippen LogP contribution in [0.25, 0.3) is 5.82 Å². The van der Waals surface area contributed by atoms with Gasteiger partial charge in [-0.05, 0) is 32.4 Å². The van der Waals surface area contributed by atoms with Crippen molar-refractivity contribution >= 4 is 0 Å². The van der Waals surface area contributed by atoms with Crippen molar-refractivity contribution in [1.29, 1.82) is 5.26 Å². The first-order chi connectivity index (χ1) is 7.61. The van der Waals surface area contributed by atoms with E-state index < -0.39 is 0 Å². The molecule has 0 aromatic carbocycles. The molecule has 0 aliphatic carbocycles. The van der Waals surface area contributed by atoms with Gasteiger partial charge in [0.2, 0.25) is 0 Å². The molecule has 5 heteroatoms. The second-order valence-electron chi connectivity index (χ2n) is 3.65. The van der Waals surface area contributed by atoms with E-state index in [4.69, 9.17) is 5.26 Å². The molecular weight excluding hydrogens is 202 g/mol. The molecule has 16 heavy (non-hydrogen) atoms. The second kappa shape index (κ2) is 3.74. The summed E-state index contributed by atoms with van der Waals surface area (Å²) in [6, 6.07) is 3.69. The summed E-state index contributed by atoms with van der Waals surface area (Å²) in [5.41, 5.74) is 2.17. The normalized spacial score (nSPS) is 10.1. The fourth-order valence-electron chi connectivity index (χ4n) is 1.60. The van der Waals surface area contributed by atoms with Gasteiger partial charge >= 0.3 is 0 Å². The Morgan fingerprint density at radius 2 is 2.00 bits per heavy atom. The summed E-state index contributed by atoms with van der Waals surface area (Å²) in [5.74, 6) is 1.58. The molecule has 0 fully saturated rings. The van der Waals surface area contributed by atoms with E-state index in [1.807, 2.05) is 37.6 Å². The smallest absolute Gasteiger partial charge is 0.163 e. The molecule has 0 amide bonds. The molecule has 0 aliphatic heterocycles. The molecule has 2 heterocycles. The monoisotopic (exact) mass is 213 g/mol. The van der Waals surface area contributed by atoms with Gasteiger partial charge in [0, 0.05) is 6.20 Å².